The van der Waals surface area contributed by atoms with E-state index in [1.54, 1.807) is 0 Å². The summed E-state index contributed by atoms with van der Waals surface area (Å²) in [6, 6.07) is 6.23. The number of likely N-dealkylation sites (N-methyl/N-ethyl adjacent to an activating group) is 1. The van der Waals surface area contributed by atoms with Crippen LogP contribution in [-0.4, -0.2) is 16.6 Å². The van der Waals surface area contributed by atoms with Gasteiger partial charge in [0, 0.05) is 36.4 Å². The van der Waals surface area contributed by atoms with Crippen molar-refractivity contribution < 1.29 is 0 Å². The number of rotatable bonds is 4. The third-order valence-corrected chi connectivity index (χ3v) is 4.23. The molecule has 0 amide bonds. The zero-order valence-corrected chi connectivity index (χ0v) is 12.7. The van der Waals surface area contributed by atoms with Crippen LogP contribution in [0.4, 0.5) is 0 Å². The molecule has 1 aromatic carbocycles. The van der Waals surface area contributed by atoms with Gasteiger partial charge in [0.15, 0.2) is 0 Å². The fourth-order valence-corrected chi connectivity index (χ4v) is 2.33. The molecule has 1 aromatic heterocycles. The van der Waals surface area contributed by atoms with Crippen LogP contribution in [0, 0.1) is 0 Å². The van der Waals surface area contributed by atoms with Crippen LogP contribution in [0.25, 0.3) is 0 Å². The van der Waals surface area contributed by atoms with Crippen LogP contribution >= 0.6 is 27.5 Å². The van der Waals surface area contributed by atoms with Crippen molar-refractivity contribution in [3.8, 4) is 0 Å². The van der Waals surface area contributed by atoms with Crippen molar-refractivity contribution >= 4 is 27.5 Å². The van der Waals surface area contributed by atoms with Crippen molar-refractivity contribution in [2.75, 3.05) is 7.05 Å². The summed E-state index contributed by atoms with van der Waals surface area (Å²) >= 11 is 9.54. The molecule has 0 bridgehead atoms. The Bertz CT molecular complexity index is 539. The summed E-state index contributed by atoms with van der Waals surface area (Å²) in [6.07, 6.45) is 4.60. The summed E-state index contributed by atoms with van der Waals surface area (Å²) in [5.74, 6) is 1.05. The lowest BCUT2D eigenvalue weighted by molar-refractivity contribution is 0.563. The number of aryl methyl sites for hydroxylation is 1. The van der Waals surface area contributed by atoms with Crippen molar-refractivity contribution in [3.05, 3.63) is 51.5 Å². The molecular weight excluding hydrogens is 314 g/mol. The van der Waals surface area contributed by atoms with E-state index in [9.17, 15) is 0 Å². The number of halogens is 2. The van der Waals surface area contributed by atoms with Gasteiger partial charge >= 0.3 is 0 Å². The molecule has 3 nitrogen and oxygen atoms in total. The highest BCUT2D eigenvalue weighted by Crippen LogP contribution is 2.27. The number of nitrogens with one attached hydrogen (secondary N) is 1. The monoisotopic (exact) mass is 327 g/mol. The van der Waals surface area contributed by atoms with Crippen molar-refractivity contribution in [1.29, 1.82) is 0 Å². The number of nitrogens with zero attached hydrogens (tertiary/aromatic N) is 2. The second-order valence-electron chi connectivity index (χ2n) is 4.17. The van der Waals surface area contributed by atoms with E-state index >= 15 is 0 Å². The zero-order chi connectivity index (χ0) is 13.1. The fraction of sp³-hybridized carbons (Fsp3) is 0.308. The molecule has 2 aromatic rings. The molecule has 0 saturated carbocycles. The maximum Gasteiger partial charge on any atom is 0.110 e. The largest absolute Gasteiger partial charge is 0.338 e. The van der Waals surface area contributed by atoms with Crippen LogP contribution in [0.1, 0.15) is 17.4 Å². The average Bonchev–Trinajstić information content (AvgIpc) is 2.75. The molecule has 0 aliphatic carbocycles. The van der Waals surface area contributed by atoms with Gasteiger partial charge in [-0.05, 0) is 40.7 Å². The third-order valence-electron chi connectivity index (χ3n) is 3.00. The Kier molecular flexibility index (Phi) is 4.43. The molecule has 18 heavy (non-hydrogen) atoms. The normalized spacial score (nSPS) is 12.7. The molecule has 1 atom stereocenters. The lowest BCUT2D eigenvalue weighted by Gasteiger charge is -2.17. The maximum absolute atomic E-state index is 6.13. The first-order valence-electron chi connectivity index (χ1n) is 5.70. The third kappa shape index (κ3) is 2.94. The fourth-order valence-electron chi connectivity index (χ4n) is 1.89. The predicted molar refractivity (Wildman–Crippen MR) is 77.9 cm³/mol. The Hall–Kier alpha value is -0.840. The Morgan fingerprint density at radius 2 is 2.28 bits per heavy atom. The number of hydrogen-bond acceptors (Lipinski definition) is 2. The van der Waals surface area contributed by atoms with Gasteiger partial charge in [-0.15, -0.1) is 0 Å². The highest BCUT2D eigenvalue weighted by atomic mass is 79.9. The van der Waals surface area contributed by atoms with Gasteiger partial charge in [-0.25, -0.2) is 4.98 Å². The summed E-state index contributed by atoms with van der Waals surface area (Å²) < 4.78 is 2.95. The molecule has 1 unspecified atom stereocenters. The van der Waals surface area contributed by atoms with Crippen LogP contribution in [-0.2, 0) is 13.5 Å². The van der Waals surface area contributed by atoms with Gasteiger partial charge in [-0.3, -0.25) is 0 Å². The standard InChI is InChI=1S/C13H15BrClN3/c1-16-12(8-13-17-5-6-18(13)2)9-3-4-10(14)11(15)7-9/h3-7,12,16H,8H2,1-2H3. The summed E-state index contributed by atoms with van der Waals surface area (Å²) in [7, 11) is 3.95. The van der Waals surface area contributed by atoms with E-state index in [2.05, 4.69) is 32.3 Å². The molecule has 0 spiro atoms. The van der Waals surface area contributed by atoms with Gasteiger partial charge < -0.3 is 9.88 Å². The van der Waals surface area contributed by atoms with Gasteiger partial charge in [-0.2, -0.15) is 0 Å². The van der Waals surface area contributed by atoms with Crippen LogP contribution in [0.15, 0.2) is 35.1 Å². The number of benzene rings is 1. The quantitative estimate of drug-likeness (QED) is 0.933. The smallest absolute Gasteiger partial charge is 0.110 e. The van der Waals surface area contributed by atoms with E-state index in [0.717, 1.165) is 27.3 Å². The zero-order valence-electron chi connectivity index (χ0n) is 10.3. The van der Waals surface area contributed by atoms with Crippen LogP contribution in [0.2, 0.25) is 5.02 Å². The minimum absolute atomic E-state index is 0.205. The first-order valence-corrected chi connectivity index (χ1v) is 6.87. The SMILES string of the molecule is CNC(Cc1nccn1C)c1ccc(Br)c(Cl)c1. The Balaban J connectivity index is 2.23. The lowest BCUT2D eigenvalue weighted by Crippen LogP contribution is -2.20. The molecule has 0 aliphatic rings. The molecule has 5 heteroatoms. The Labute approximate surface area is 120 Å². The van der Waals surface area contributed by atoms with Crippen LogP contribution < -0.4 is 5.32 Å². The second-order valence-corrected chi connectivity index (χ2v) is 5.43. The number of aromatic nitrogens is 2. The average molecular weight is 329 g/mol. The first kappa shape index (κ1) is 13.6. The van der Waals surface area contributed by atoms with E-state index in [0.29, 0.717) is 0 Å². The van der Waals surface area contributed by atoms with E-state index < -0.39 is 0 Å². The molecule has 96 valence electrons. The second kappa shape index (κ2) is 5.87. The van der Waals surface area contributed by atoms with Gasteiger partial charge in [0.1, 0.15) is 5.82 Å². The predicted octanol–water partition coefficient (Wildman–Crippen LogP) is 3.34. The van der Waals surface area contributed by atoms with Gasteiger partial charge in [0.25, 0.3) is 0 Å². The molecule has 0 fully saturated rings. The number of imidazole rings is 1. The Morgan fingerprint density at radius 3 is 2.83 bits per heavy atom. The topological polar surface area (TPSA) is 29.9 Å². The molecule has 0 radical (unpaired) electrons. The number of hydrogen-bond donors (Lipinski definition) is 1. The van der Waals surface area contributed by atoms with E-state index in [1.807, 2.05) is 43.2 Å². The lowest BCUT2D eigenvalue weighted by atomic mass is 10.0. The minimum Gasteiger partial charge on any atom is -0.338 e. The van der Waals surface area contributed by atoms with E-state index in [1.165, 1.54) is 0 Å². The summed E-state index contributed by atoms with van der Waals surface area (Å²) in [5.41, 5.74) is 1.16. The minimum atomic E-state index is 0.205. The maximum atomic E-state index is 6.13. The van der Waals surface area contributed by atoms with Crippen LogP contribution in [0.5, 0.6) is 0 Å². The highest BCUT2D eigenvalue weighted by molar-refractivity contribution is 9.10. The van der Waals surface area contributed by atoms with Crippen LogP contribution in [0.3, 0.4) is 0 Å². The molecule has 2 rings (SSSR count). The van der Waals surface area contributed by atoms with Crippen molar-refractivity contribution in [3.63, 3.8) is 0 Å². The van der Waals surface area contributed by atoms with Gasteiger partial charge in [-0.1, -0.05) is 17.7 Å². The Morgan fingerprint density at radius 1 is 1.50 bits per heavy atom. The van der Waals surface area contributed by atoms with Gasteiger partial charge in [0.2, 0.25) is 0 Å². The van der Waals surface area contributed by atoms with Crippen molar-refractivity contribution in [2.45, 2.75) is 12.5 Å². The summed E-state index contributed by atoms with van der Waals surface area (Å²) in [4.78, 5) is 4.35. The first-order chi connectivity index (χ1) is 8.61. The van der Waals surface area contributed by atoms with Crippen molar-refractivity contribution in [2.24, 2.45) is 7.05 Å². The van der Waals surface area contributed by atoms with Gasteiger partial charge in [0.05, 0.1) is 5.02 Å². The van der Waals surface area contributed by atoms with E-state index in [-0.39, 0.29) is 6.04 Å². The van der Waals surface area contributed by atoms with Crippen molar-refractivity contribution in [1.82, 2.24) is 14.9 Å². The molecule has 0 aliphatic heterocycles. The molecule has 1 N–H and O–H groups in total. The molecule has 1 heterocycles. The molecular formula is C13H15BrClN3. The molecule has 0 saturated heterocycles. The van der Waals surface area contributed by atoms with E-state index in [4.69, 9.17) is 11.6 Å². The highest BCUT2D eigenvalue weighted by Gasteiger charge is 2.13. The summed E-state index contributed by atoms with van der Waals surface area (Å²) in [5, 5.41) is 4.03. The summed E-state index contributed by atoms with van der Waals surface area (Å²) in [6.45, 7) is 0.